The second-order valence-corrected chi connectivity index (χ2v) is 8.99. The van der Waals surface area contributed by atoms with E-state index in [2.05, 4.69) is 6.92 Å². The van der Waals surface area contributed by atoms with Crippen molar-refractivity contribution in [3.63, 3.8) is 0 Å². The van der Waals surface area contributed by atoms with Crippen LogP contribution in [0, 0.1) is 34.5 Å². The average molecular weight is 334 g/mol. The van der Waals surface area contributed by atoms with E-state index >= 15 is 0 Å². The van der Waals surface area contributed by atoms with Crippen molar-refractivity contribution in [2.75, 3.05) is 0 Å². The molecule has 0 aliphatic heterocycles. The molecule has 0 heterocycles. The van der Waals surface area contributed by atoms with Crippen molar-refractivity contribution < 1.29 is 19.8 Å². The van der Waals surface area contributed by atoms with E-state index in [0.717, 1.165) is 31.3 Å². The summed E-state index contributed by atoms with van der Waals surface area (Å²) in [5, 5.41) is 20.7. The van der Waals surface area contributed by atoms with Gasteiger partial charge in [-0.2, -0.15) is 0 Å². The van der Waals surface area contributed by atoms with E-state index in [0.29, 0.717) is 6.42 Å². The summed E-state index contributed by atoms with van der Waals surface area (Å²) in [7, 11) is 0. The number of allylic oxidation sites excluding steroid dienone is 1. The number of aliphatic carboxylic acids is 1. The number of hydrogen-bond donors (Lipinski definition) is 2. The second kappa shape index (κ2) is 5.69. The molecule has 0 amide bonds. The van der Waals surface area contributed by atoms with Crippen molar-refractivity contribution in [2.24, 2.45) is 34.5 Å². The molecule has 0 spiro atoms. The summed E-state index contributed by atoms with van der Waals surface area (Å²) in [5.74, 6) is -0.866. The first-order valence-electron chi connectivity index (χ1n) is 9.30. The Bertz CT molecular complexity index is 592. The standard InChI is InChI=1S/C20H30O4/c1-11(2)16-14(21)10-13-12(17(16)22)6-7-15-19(13,3)8-5-9-20(15,4)18(23)24/h10-12,15-17,22H,5-9H2,1-4H3,(H,23,24)/t12?,15-,16+,17+,19-,20-/m0/s1. The summed E-state index contributed by atoms with van der Waals surface area (Å²) in [5.41, 5.74) is 0.00884. The summed E-state index contributed by atoms with van der Waals surface area (Å²) < 4.78 is 0. The molecule has 4 nitrogen and oxygen atoms in total. The van der Waals surface area contributed by atoms with Gasteiger partial charge in [0, 0.05) is 5.92 Å². The van der Waals surface area contributed by atoms with Crippen molar-refractivity contribution in [2.45, 2.75) is 65.9 Å². The van der Waals surface area contributed by atoms with Crippen molar-refractivity contribution in [3.05, 3.63) is 11.6 Å². The van der Waals surface area contributed by atoms with Crippen LogP contribution in [0.5, 0.6) is 0 Å². The fraction of sp³-hybridized carbons (Fsp3) is 0.800. The lowest BCUT2D eigenvalue weighted by atomic mass is 9.46. The van der Waals surface area contributed by atoms with E-state index in [4.69, 9.17) is 0 Å². The van der Waals surface area contributed by atoms with Crippen LogP contribution in [0.25, 0.3) is 0 Å². The van der Waals surface area contributed by atoms with Crippen LogP contribution in [0.3, 0.4) is 0 Å². The molecule has 3 aliphatic carbocycles. The minimum absolute atomic E-state index is 0.00694. The van der Waals surface area contributed by atoms with Gasteiger partial charge in [-0.1, -0.05) is 32.8 Å². The SMILES string of the molecule is CC(C)[C@@H]1C(=O)C=C2C(CC[C@H]3[C@@]2(C)CCC[C@]3(C)C(=O)O)[C@H]1O. The van der Waals surface area contributed by atoms with Crippen LogP contribution in [0.1, 0.15) is 59.8 Å². The maximum atomic E-state index is 12.7. The normalized spacial score (nSPS) is 45.4. The number of aliphatic hydroxyl groups is 1. The highest BCUT2D eigenvalue weighted by Crippen LogP contribution is 2.62. The molecule has 0 aromatic rings. The highest BCUT2D eigenvalue weighted by Gasteiger charge is 2.59. The summed E-state index contributed by atoms with van der Waals surface area (Å²) in [6.45, 7) is 7.97. The van der Waals surface area contributed by atoms with Crippen LogP contribution < -0.4 is 0 Å². The van der Waals surface area contributed by atoms with Crippen LogP contribution in [0.2, 0.25) is 0 Å². The van der Waals surface area contributed by atoms with E-state index in [1.54, 1.807) is 6.08 Å². The maximum absolute atomic E-state index is 12.7. The minimum Gasteiger partial charge on any atom is -0.481 e. The number of ketones is 1. The zero-order valence-electron chi connectivity index (χ0n) is 15.2. The Balaban J connectivity index is 2.05. The molecule has 24 heavy (non-hydrogen) atoms. The summed E-state index contributed by atoms with van der Waals surface area (Å²) >= 11 is 0. The van der Waals surface area contributed by atoms with E-state index in [1.807, 2.05) is 20.8 Å². The molecular formula is C20H30O4. The zero-order valence-corrected chi connectivity index (χ0v) is 15.2. The van der Waals surface area contributed by atoms with Crippen LogP contribution in [-0.4, -0.2) is 28.1 Å². The topological polar surface area (TPSA) is 74.6 Å². The van der Waals surface area contributed by atoms with Crippen molar-refractivity contribution >= 4 is 11.8 Å². The first kappa shape index (κ1) is 17.7. The third-order valence-corrected chi connectivity index (χ3v) is 7.37. The van der Waals surface area contributed by atoms with E-state index in [1.165, 1.54) is 0 Å². The first-order chi connectivity index (χ1) is 11.1. The number of hydrogen-bond acceptors (Lipinski definition) is 3. The second-order valence-electron chi connectivity index (χ2n) is 8.99. The Morgan fingerprint density at radius 2 is 1.92 bits per heavy atom. The van der Waals surface area contributed by atoms with Gasteiger partial charge in [0.2, 0.25) is 0 Å². The smallest absolute Gasteiger partial charge is 0.309 e. The Hall–Kier alpha value is -1.16. The number of aliphatic hydroxyl groups excluding tert-OH is 1. The Kier molecular flexibility index (Phi) is 4.18. The molecule has 6 atom stereocenters. The number of carboxylic acids is 1. The highest BCUT2D eigenvalue weighted by molar-refractivity contribution is 5.94. The fourth-order valence-electron chi connectivity index (χ4n) is 6.06. The van der Waals surface area contributed by atoms with Gasteiger partial charge in [-0.15, -0.1) is 0 Å². The van der Waals surface area contributed by atoms with Gasteiger partial charge in [-0.05, 0) is 55.9 Å². The highest BCUT2D eigenvalue weighted by atomic mass is 16.4. The van der Waals surface area contributed by atoms with Crippen molar-refractivity contribution in [1.82, 2.24) is 0 Å². The number of rotatable bonds is 2. The van der Waals surface area contributed by atoms with Crippen LogP contribution in [0.4, 0.5) is 0 Å². The molecule has 0 saturated heterocycles. The van der Waals surface area contributed by atoms with Gasteiger partial charge < -0.3 is 10.2 Å². The largest absolute Gasteiger partial charge is 0.481 e. The van der Waals surface area contributed by atoms with Crippen molar-refractivity contribution in [3.8, 4) is 0 Å². The number of carbonyl (C=O) groups excluding carboxylic acids is 1. The van der Waals surface area contributed by atoms with Gasteiger partial charge >= 0.3 is 5.97 Å². The molecule has 134 valence electrons. The van der Waals surface area contributed by atoms with Gasteiger partial charge in [0.15, 0.2) is 5.78 Å². The Labute approximate surface area is 144 Å². The van der Waals surface area contributed by atoms with Crippen LogP contribution in [-0.2, 0) is 9.59 Å². The van der Waals surface area contributed by atoms with E-state index < -0.39 is 17.5 Å². The molecule has 0 aromatic carbocycles. The molecule has 0 radical (unpaired) electrons. The van der Waals surface area contributed by atoms with Crippen LogP contribution in [0.15, 0.2) is 11.6 Å². The molecule has 0 bridgehead atoms. The van der Waals surface area contributed by atoms with Crippen molar-refractivity contribution in [1.29, 1.82) is 0 Å². The Morgan fingerprint density at radius 3 is 2.50 bits per heavy atom. The summed E-state index contributed by atoms with van der Waals surface area (Å²) in [6.07, 6.45) is 5.22. The molecule has 3 aliphatic rings. The average Bonchev–Trinajstić information content (AvgIpc) is 2.47. The fourth-order valence-corrected chi connectivity index (χ4v) is 6.06. The molecule has 2 fully saturated rings. The molecule has 3 rings (SSSR count). The van der Waals surface area contributed by atoms with E-state index in [9.17, 15) is 19.8 Å². The number of fused-ring (bicyclic) bond motifs is 3. The third kappa shape index (κ3) is 2.29. The minimum atomic E-state index is -0.734. The third-order valence-electron chi connectivity index (χ3n) is 7.37. The van der Waals surface area contributed by atoms with Gasteiger partial charge in [-0.3, -0.25) is 9.59 Å². The lowest BCUT2D eigenvalue weighted by Gasteiger charge is -2.58. The number of carboxylic acid groups (broad SMARTS) is 1. The van der Waals surface area contributed by atoms with Gasteiger partial charge in [0.05, 0.1) is 17.4 Å². The molecule has 2 N–H and O–H groups in total. The van der Waals surface area contributed by atoms with E-state index in [-0.39, 0.29) is 34.9 Å². The summed E-state index contributed by atoms with van der Waals surface area (Å²) in [6, 6.07) is 0. The molecule has 2 saturated carbocycles. The maximum Gasteiger partial charge on any atom is 0.309 e. The number of carbonyl (C=O) groups is 2. The zero-order chi connectivity index (χ0) is 17.9. The van der Waals surface area contributed by atoms with Gasteiger partial charge in [0.1, 0.15) is 0 Å². The van der Waals surface area contributed by atoms with Crippen LogP contribution >= 0.6 is 0 Å². The summed E-state index contributed by atoms with van der Waals surface area (Å²) in [4.78, 5) is 24.6. The predicted octanol–water partition coefficient (Wildman–Crippen LogP) is 3.44. The quantitative estimate of drug-likeness (QED) is 0.811. The Morgan fingerprint density at radius 1 is 1.25 bits per heavy atom. The van der Waals surface area contributed by atoms with Gasteiger partial charge in [-0.25, -0.2) is 0 Å². The molecule has 1 unspecified atom stereocenters. The predicted molar refractivity (Wildman–Crippen MR) is 91.3 cm³/mol. The van der Waals surface area contributed by atoms with Gasteiger partial charge in [0.25, 0.3) is 0 Å². The molecule has 0 aromatic heterocycles. The molecular weight excluding hydrogens is 304 g/mol. The lowest BCUT2D eigenvalue weighted by molar-refractivity contribution is -0.161. The first-order valence-corrected chi connectivity index (χ1v) is 9.30. The molecule has 4 heteroatoms. The monoisotopic (exact) mass is 334 g/mol. The lowest BCUT2D eigenvalue weighted by Crippen LogP contribution is -2.55.